The second-order valence-corrected chi connectivity index (χ2v) is 4.72. The van der Waals surface area contributed by atoms with E-state index in [1.165, 1.54) is 12.8 Å². The quantitative estimate of drug-likeness (QED) is 0.817. The molecule has 4 nitrogen and oxygen atoms in total. The van der Waals surface area contributed by atoms with E-state index >= 15 is 0 Å². The summed E-state index contributed by atoms with van der Waals surface area (Å²) < 4.78 is 0. The van der Waals surface area contributed by atoms with Crippen molar-refractivity contribution < 1.29 is 5.11 Å². The number of nitrogens with zero attached hydrogens (tertiary/aromatic N) is 2. The van der Waals surface area contributed by atoms with E-state index in [2.05, 4.69) is 15.3 Å². The second kappa shape index (κ2) is 4.37. The van der Waals surface area contributed by atoms with Gasteiger partial charge in [-0.1, -0.05) is 12.8 Å². The zero-order chi connectivity index (χ0) is 11.6. The molecule has 1 aromatic rings. The zero-order valence-corrected chi connectivity index (χ0v) is 9.95. The smallest absolute Gasteiger partial charge is 0.148 e. The van der Waals surface area contributed by atoms with Crippen LogP contribution in [0.3, 0.4) is 0 Å². The molecule has 1 aliphatic carbocycles. The van der Waals surface area contributed by atoms with E-state index in [9.17, 15) is 5.11 Å². The number of hydrogen-bond acceptors (Lipinski definition) is 4. The summed E-state index contributed by atoms with van der Waals surface area (Å²) in [4.78, 5) is 8.72. The van der Waals surface area contributed by atoms with Gasteiger partial charge in [-0.25, -0.2) is 4.98 Å². The number of aliphatic hydroxyl groups excluding tert-OH is 1. The first kappa shape index (κ1) is 11.3. The summed E-state index contributed by atoms with van der Waals surface area (Å²) in [5, 5.41) is 12.9. The molecule has 1 fully saturated rings. The third kappa shape index (κ3) is 2.16. The molecule has 0 saturated heterocycles. The van der Waals surface area contributed by atoms with Crippen molar-refractivity contribution in [3.63, 3.8) is 0 Å². The molecule has 0 bridgehead atoms. The molecule has 1 saturated carbocycles. The van der Waals surface area contributed by atoms with Crippen LogP contribution in [0.2, 0.25) is 0 Å². The minimum absolute atomic E-state index is 0.169. The Balaban J connectivity index is 2.21. The Morgan fingerprint density at radius 2 is 2.06 bits per heavy atom. The standard InChI is InChI=1S/C12H19N3O/c1-9-7-13-10(2)11(14-9)15-12(8-16)5-3-4-6-12/h7,16H,3-6,8H2,1-2H3,(H,14,15). The van der Waals surface area contributed by atoms with Crippen LogP contribution >= 0.6 is 0 Å². The summed E-state index contributed by atoms with van der Waals surface area (Å²) in [5.74, 6) is 0.816. The molecule has 1 heterocycles. The lowest BCUT2D eigenvalue weighted by molar-refractivity contribution is 0.213. The molecule has 2 rings (SSSR count). The van der Waals surface area contributed by atoms with E-state index in [0.717, 1.165) is 30.0 Å². The van der Waals surface area contributed by atoms with Crippen LogP contribution in [0.1, 0.15) is 37.1 Å². The predicted octanol–water partition coefficient (Wildman–Crippen LogP) is 1.81. The van der Waals surface area contributed by atoms with Crippen LogP contribution in [-0.4, -0.2) is 27.2 Å². The number of rotatable bonds is 3. The molecule has 1 aromatic heterocycles. The Morgan fingerprint density at radius 1 is 1.38 bits per heavy atom. The van der Waals surface area contributed by atoms with Gasteiger partial charge in [-0.15, -0.1) is 0 Å². The topological polar surface area (TPSA) is 58.0 Å². The molecule has 4 heteroatoms. The number of nitrogens with one attached hydrogen (secondary N) is 1. The minimum atomic E-state index is -0.173. The second-order valence-electron chi connectivity index (χ2n) is 4.72. The van der Waals surface area contributed by atoms with Crippen molar-refractivity contribution in [1.29, 1.82) is 0 Å². The average Bonchev–Trinajstić information content (AvgIpc) is 2.73. The maximum atomic E-state index is 9.53. The SMILES string of the molecule is Cc1cnc(C)c(NC2(CO)CCCC2)n1. The fraction of sp³-hybridized carbons (Fsp3) is 0.667. The molecule has 0 aromatic carbocycles. The summed E-state index contributed by atoms with van der Waals surface area (Å²) in [6, 6.07) is 0. The van der Waals surface area contributed by atoms with E-state index in [0.29, 0.717) is 0 Å². The fourth-order valence-electron chi connectivity index (χ4n) is 2.28. The number of aromatic nitrogens is 2. The summed E-state index contributed by atoms with van der Waals surface area (Å²) in [5.41, 5.74) is 1.62. The summed E-state index contributed by atoms with van der Waals surface area (Å²) in [7, 11) is 0. The highest BCUT2D eigenvalue weighted by molar-refractivity contribution is 5.43. The van der Waals surface area contributed by atoms with Crippen LogP contribution in [0.15, 0.2) is 6.20 Å². The highest BCUT2D eigenvalue weighted by Crippen LogP contribution is 2.32. The Bertz CT molecular complexity index is 373. The van der Waals surface area contributed by atoms with Crippen LogP contribution in [0.5, 0.6) is 0 Å². The number of hydrogen-bond donors (Lipinski definition) is 2. The molecule has 0 amide bonds. The van der Waals surface area contributed by atoms with Crippen LogP contribution in [0.4, 0.5) is 5.82 Å². The first-order valence-electron chi connectivity index (χ1n) is 5.84. The van der Waals surface area contributed by atoms with Crippen LogP contribution in [0.25, 0.3) is 0 Å². The van der Waals surface area contributed by atoms with Crippen molar-refractivity contribution in [3.8, 4) is 0 Å². The summed E-state index contributed by atoms with van der Waals surface area (Å²) >= 11 is 0. The summed E-state index contributed by atoms with van der Waals surface area (Å²) in [6.45, 7) is 4.04. The molecule has 1 aliphatic rings. The van der Waals surface area contributed by atoms with Crippen molar-refractivity contribution in [3.05, 3.63) is 17.6 Å². The molecule has 0 atom stereocenters. The lowest BCUT2D eigenvalue weighted by Crippen LogP contribution is -2.39. The van der Waals surface area contributed by atoms with Gasteiger partial charge in [0.25, 0.3) is 0 Å². The highest BCUT2D eigenvalue weighted by Gasteiger charge is 2.33. The maximum Gasteiger partial charge on any atom is 0.148 e. The first-order valence-corrected chi connectivity index (χ1v) is 5.84. The van der Waals surface area contributed by atoms with Crippen molar-refractivity contribution in [2.75, 3.05) is 11.9 Å². The predicted molar refractivity (Wildman–Crippen MR) is 63.4 cm³/mol. The van der Waals surface area contributed by atoms with Crippen molar-refractivity contribution in [1.82, 2.24) is 9.97 Å². The molecular weight excluding hydrogens is 202 g/mol. The van der Waals surface area contributed by atoms with Crippen molar-refractivity contribution >= 4 is 5.82 Å². The third-order valence-electron chi connectivity index (χ3n) is 3.32. The van der Waals surface area contributed by atoms with Gasteiger partial charge in [0.05, 0.1) is 23.5 Å². The number of aryl methyl sites for hydroxylation is 2. The number of anilines is 1. The van der Waals surface area contributed by atoms with E-state index in [1.54, 1.807) is 6.20 Å². The third-order valence-corrected chi connectivity index (χ3v) is 3.32. The van der Waals surface area contributed by atoms with Crippen molar-refractivity contribution in [2.45, 2.75) is 45.1 Å². The zero-order valence-electron chi connectivity index (χ0n) is 9.95. The number of aliphatic hydroxyl groups is 1. The van der Waals surface area contributed by atoms with Gasteiger partial charge in [0.1, 0.15) is 5.82 Å². The van der Waals surface area contributed by atoms with Crippen LogP contribution in [0, 0.1) is 13.8 Å². The van der Waals surface area contributed by atoms with Gasteiger partial charge in [-0.2, -0.15) is 0 Å². The van der Waals surface area contributed by atoms with E-state index in [1.807, 2.05) is 13.8 Å². The Hall–Kier alpha value is -1.16. The Kier molecular flexibility index (Phi) is 3.10. The molecule has 0 radical (unpaired) electrons. The minimum Gasteiger partial charge on any atom is -0.394 e. The van der Waals surface area contributed by atoms with Crippen LogP contribution < -0.4 is 5.32 Å². The molecule has 2 N–H and O–H groups in total. The molecular formula is C12H19N3O. The van der Waals surface area contributed by atoms with Gasteiger partial charge in [-0.05, 0) is 26.7 Å². The maximum absolute atomic E-state index is 9.53. The lowest BCUT2D eigenvalue weighted by Gasteiger charge is -2.29. The Labute approximate surface area is 96.1 Å². The largest absolute Gasteiger partial charge is 0.394 e. The van der Waals surface area contributed by atoms with Crippen LogP contribution in [-0.2, 0) is 0 Å². The van der Waals surface area contributed by atoms with Gasteiger partial charge >= 0.3 is 0 Å². The monoisotopic (exact) mass is 221 g/mol. The van der Waals surface area contributed by atoms with Gasteiger partial charge in [0.2, 0.25) is 0 Å². The van der Waals surface area contributed by atoms with Gasteiger partial charge in [0, 0.05) is 6.20 Å². The highest BCUT2D eigenvalue weighted by atomic mass is 16.3. The van der Waals surface area contributed by atoms with E-state index in [4.69, 9.17) is 0 Å². The van der Waals surface area contributed by atoms with Crippen molar-refractivity contribution in [2.24, 2.45) is 0 Å². The molecule has 0 unspecified atom stereocenters. The lowest BCUT2D eigenvalue weighted by atomic mass is 9.99. The first-order chi connectivity index (χ1) is 7.65. The van der Waals surface area contributed by atoms with Gasteiger partial charge in [0.15, 0.2) is 0 Å². The molecule has 16 heavy (non-hydrogen) atoms. The van der Waals surface area contributed by atoms with E-state index in [-0.39, 0.29) is 12.1 Å². The Morgan fingerprint density at radius 3 is 2.69 bits per heavy atom. The normalized spacial score (nSPS) is 18.7. The van der Waals surface area contributed by atoms with Gasteiger partial charge < -0.3 is 10.4 Å². The fourth-order valence-corrected chi connectivity index (χ4v) is 2.28. The summed E-state index contributed by atoms with van der Waals surface area (Å²) in [6.07, 6.45) is 6.13. The molecule has 0 aliphatic heterocycles. The molecule has 88 valence electrons. The average molecular weight is 221 g/mol. The van der Waals surface area contributed by atoms with E-state index < -0.39 is 0 Å². The molecule has 0 spiro atoms. The van der Waals surface area contributed by atoms with Gasteiger partial charge in [-0.3, -0.25) is 4.98 Å².